The quantitative estimate of drug-likeness (QED) is 0.839. The predicted molar refractivity (Wildman–Crippen MR) is 97.3 cm³/mol. The second kappa shape index (κ2) is 7.35. The standard InChI is InChI=1S/C19H27N5O/c1-14(2)24-18(9-10-21-24)19(25)23-11-5-6-17(23)16-8-7-15(12-20-16)13-22(3)4/h7-10,12,14,17H,5-6,11,13H2,1-4H3. The van der Waals surface area contributed by atoms with Crippen LogP contribution in [0.3, 0.4) is 0 Å². The summed E-state index contributed by atoms with van der Waals surface area (Å²) in [6.07, 6.45) is 5.59. The number of hydrogen-bond acceptors (Lipinski definition) is 4. The van der Waals surface area contributed by atoms with Crippen molar-refractivity contribution in [3.05, 3.63) is 47.5 Å². The molecule has 0 spiro atoms. The first-order valence-electron chi connectivity index (χ1n) is 8.91. The number of amides is 1. The molecule has 1 saturated heterocycles. The normalized spacial score (nSPS) is 17.7. The summed E-state index contributed by atoms with van der Waals surface area (Å²) in [5, 5.41) is 4.29. The number of pyridine rings is 1. The first kappa shape index (κ1) is 17.6. The summed E-state index contributed by atoms with van der Waals surface area (Å²) in [4.78, 5) is 21.8. The van der Waals surface area contributed by atoms with Crippen molar-refractivity contribution in [3.63, 3.8) is 0 Å². The third kappa shape index (κ3) is 3.74. The molecular weight excluding hydrogens is 314 g/mol. The van der Waals surface area contributed by atoms with Crippen LogP contribution < -0.4 is 0 Å². The van der Waals surface area contributed by atoms with Crippen LogP contribution >= 0.6 is 0 Å². The van der Waals surface area contributed by atoms with Gasteiger partial charge in [0.25, 0.3) is 5.91 Å². The van der Waals surface area contributed by atoms with Gasteiger partial charge in [-0.2, -0.15) is 5.10 Å². The lowest BCUT2D eigenvalue weighted by atomic mass is 10.1. The Bertz CT molecular complexity index is 720. The van der Waals surface area contributed by atoms with Gasteiger partial charge in [-0.05, 0) is 58.5 Å². The summed E-state index contributed by atoms with van der Waals surface area (Å²) < 4.78 is 1.80. The summed E-state index contributed by atoms with van der Waals surface area (Å²) in [7, 11) is 4.09. The Morgan fingerprint density at radius 3 is 2.76 bits per heavy atom. The molecule has 3 rings (SSSR count). The van der Waals surface area contributed by atoms with Crippen LogP contribution in [-0.4, -0.2) is 51.1 Å². The molecule has 1 fully saturated rings. The SMILES string of the molecule is CC(C)n1nccc1C(=O)N1CCCC1c1ccc(CN(C)C)cn1. The maximum atomic E-state index is 13.1. The van der Waals surface area contributed by atoms with E-state index in [0.29, 0.717) is 5.69 Å². The fourth-order valence-electron chi connectivity index (χ4n) is 3.45. The highest BCUT2D eigenvalue weighted by atomic mass is 16.2. The number of likely N-dealkylation sites (tertiary alicyclic amines) is 1. The molecule has 2 aromatic rings. The monoisotopic (exact) mass is 341 g/mol. The van der Waals surface area contributed by atoms with Gasteiger partial charge in [0.05, 0.1) is 11.7 Å². The summed E-state index contributed by atoms with van der Waals surface area (Å²) in [6.45, 7) is 5.72. The highest BCUT2D eigenvalue weighted by Crippen LogP contribution is 2.32. The number of carbonyl (C=O) groups is 1. The molecule has 1 aliphatic heterocycles. The molecule has 1 aliphatic rings. The first-order chi connectivity index (χ1) is 12.0. The smallest absolute Gasteiger partial charge is 0.272 e. The molecule has 134 valence electrons. The molecule has 0 N–H and O–H groups in total. The molecule has 1 unspecified atom stereocenters. The van der Waals surface area contributed by atoms with Crippen LogP contribution in [0, 0.1) is 0 Å². The van der Waals surface area contributed by atoms with E-state index in [1.54, 1.807) is 10.9 Å². The van der Waals surface area contributed by atoms with Gasteiger partial charge in [0, 0.05) is 31.5 Å². The Morgan fingerprint density at radius 2 is 2.12 bits per heavy atom. The molecule has 25 heavy (non-hydrogen) atoms. The maximum Gasteiger partial charge on any atom is 0.272 e. The fraction of sp³-hybridized carbons (Fsp3) is 0.526. The Labute approximate surface area is 149 Å². The van der Waals surface area contributed by atoms with Gasteiger partial charge in [-0.25, -0.2) is 0 Å². The highest BCUT2D eigenvalue weighted by Gasteiger charge is 2.33. The topological polar surface area (TPSA) is 54.3 Å². The zero-order valence-corrected chi connectivity index (χ0v) is 15.5. The van der Waals surface area contributed by atoms with Crippen LogP contribution in [0.1, 0.15) is 60.5 Å². The summed E-state index contributed by atoms with van der Waals surface area (Å²) in [6, 6.07) is 6.21. The zero-order chi connectivity index (χ0) is 18.0. The van der Waals surface area contributed by atoms with Gasteiger partial charge in [0.15, 0.2) is 0 Å². The van der Waals surface area contributed by atoms with Gasteiger partial charge in [-0.15, -0.1) is 0 Å². The molecular formula is C19H27N5O. The second-order valence-corrected chi connectivity index (χ2v) is 7.24. The van der Waals surface area contributed by atoms with E-state index in [1.807, 2.05) is 45.1 Å². The lowest BCUT2D eigenvalue weighted by molar-refractivity contribution is 0.0718. The molecule has 0 aliphatic carbocycles. The molecule has 0 saturated carbocycles. The van der Waals surface area contributed by atoms with Crippen molar-refractivity contribution in [3.8, 4) is 0 Å². The Kier molecular flexibility index (Phi) is 5.18. The molecule has 1 atom stereocenters. The number of carbonyl (C=O) groups excluding carboxylic acids is 1. The largest absolute Gasteiger partial charge is 0.329 e. The van der Waals surface area contributed by atoms with Gasteiger partial charge in [-0.3, -0.25) is 14.5 Å². The second-order valence-electron chi connectivity index (χ2n) is 7.24. The molecule has 6 nitrogen and oxygen atoms in total. The van der Waals surface area contributed by atoms with E-state index >= 15 is 0 Å². The minimum atomic E-state index is 0.0490. The molecule has 0 bridgehead atoms. The lowest BCUT2D eigenvalue weighted by Crippen LogP contribution is -2.33. The van der Waals surface area contributed by atoms with Crippen LogP contribution in [0.15, 0.2) is 30.6 Å². The summed E-state index contributed by atoms with van der Waals surface area (Å²) in [5.41, 5.74) is 2.82. The zero-order valence-electron chi connectivity index (χ0n) is 15.5. The molecule has 0 radical (unpaired) electrons. The van der Waals surface area contributed by atoms with E-state index in [4.69, 9.17) is 0 Å². The minimum absolute atomic E-state index is 0.0490. The van der Waals surface area contributed by atoms with Crippen molar-refractivity contribution < 1.29 is 4.79 Å². The molecule has 2 aromatic heterocycles. The molecule has 6 heteroatoms. The maximum absolute atomic E-state index is 13.1. The number of hydrogen-bond donors (Lipinski definition) is 0. The van der Waals surface area contributed by atoms with Crippen molar-refractivity contribution in [1.82, 2.24) is 24.6 Å². The van der Waals surface area contributed by atoms with Gasteiger partial charge in [-0.1, -0.05) is 6.07 Å². The molecule has 3 heterocycles. The number of rotatable bonds is 5. The van der Waals surface area contributed by atoms with Gasteiger partial charge < -0.3 is 9.80 Å². The third-order valence-corrected chi connectivity index (χ3v) is 4.58. The van der Waals surface area contributed by atoms with E-state index in [2.05, 4.69) is 27.1 Å². The minimum Gasteiger partial charge on any atom is -0.329 e. The van der Waals surface area contributed by atoms with Crippen LogP contribution in [-0.2, 0) is 6.54 Å². The van der Waals surface area contributed by atoms with Crippen molar-refractivity contribution in [1.29, 1.82) is 0 Å². The fourth-order valence-corrected chi connectivity index (χ4v) is 3.45. The highest BCUT2D eigenvalue weighted by molar-refractivity contribution is 5.93. The van der Waals surface area contributed by atoms with E-state index in [-0.39, 0.29) is 18.0 Å². The van der Waals surface area contributed by atoms with E-state index in [1.165, 1.54) is 5.56 Å². The van der Waals surface area contributed by atoms with Crippen molar-refractivity contribution in [2.45, 2.75) is 45.3 Å². The van der Waals surface area contributed by atoms with Crippen molar-refractivity contribution in [2.75, 3.05) is 20.6 Å². The van der Waals surface area contributed by atoms with Gasteiger partial charge in [0.2, 0.25) is 0 Å². The Balaban J connectivity index is 1.80. The van der Waals surface area contributed by atoms with Crippen LogP contribution in [0.2, 0.25) is 0 Å². The first-order valence-corrected chi connectivity index (χ1v) is 8.91. The van der Waals surface area contributed by atoms with Crippen molar-refractivity contribution in [2.24, 2.45) is 0 Å². The summed E-state index contributed by atoms with van der Waals surface area (Å²) >= 11 is 0. The van der Waals surface area contributed by atoms with Crippen molar-refractivity contribution >= 4 is 5.91 Å². The van der Waals surface area contributed by atoms with E-state index in [0.717, 1.165) is 31.6 Å². The Hall–Kier alpha value is -2.21. The average Bonchev–Trinajstić information content (AvgIpc) is 3.24. The van der Waals surface area contributed by atoms with Crippen LogP contribution in [0.25, 0.3) is 0 Å². The summed E-state index contributed by atoms with van der Waals surface area (Å²) in [5.74, 6) is 0.0490. The van der Waals surface area contributed by atoms with E-state index < -0.39 is 0 Å². The lowest BCUT2D eigenvalue weighted by Gasteiger charge is -2.25. The Morgan fingerprint density at radius 1 is 1.32 bits per heavy atom. The van der Waals surface area contributed by atoms with Gasteiger partial charge >= 0.3 is 0 Å². The third-order valence-electron chi connectivity index (χ3n) is 4.58. The molecule has 1 amide bonds. The predicted octanol–water partition coefficient (Wildman–Crippen LogP) is 2.90. The average molecular weight is 341 g/mol. The van der Waals surface area contributed by atoms with Crippen LogP contribution in [0.5, 0.6) is 0 Å². The van der Waals surface area contributed by atoms with Crippen LogP contribution in [0.4, 0.5) is 0 Å². The number of aromatic nitrogens is 3. The molecule has 0 aromatic carbocycles. The number of nitrogens with zero attached hydrogens (tertiary/aromatic N) is 5. The van der Waals surface area contributed by atoms with Gasteiger partial charge in [0.1, 0.15) is 5.69 Å². The van der Waals surface area contributed by atoms with E-state index in [9.17, 15) is 4.79 Å².